The van der Waals surface area contributed by atoms with Crippen LogP contribution in [0.15, 0.2) is 42.5 Å². The number of aromatic nitrogens is 2. The van der Waals surface area contributed by atoms with Crippen molar-refractivity contribution >= 4 is 40.2 Å². The van der Waals surface area contributed by atoms with Crippen LogP contribution in [0.4, 0.5) is 5.00 Å². The summed E-state index contributed by atoms with van der Waals surface area (Å²) in [5.74, 6) is -1.74. The summed E-state index contributed by atoms with van der Waals surface area (Å²) >= 11 is 0.838. The molecule has 1 N–H and O–H groups in total. The van der Waals surface area contributed by atoms with E-state index in [-0.39, 0.29) is 29.4 Å². The van der Waals surface area contributed by atoms with Gasteiger partial charge in [-0.05, 0) is 43.7 Å². The van der Waals surface area contributed by atoms with Gasteiger partial charge in [-0.25, -0.2) is 4.79 Å². The summed E-state index contributed by atoms with van der Waals surface area (Å²) in [5.41, 5.74) is 1.32. The molecule has 2 heterocycles. The highest BCUT2D eigenvalue weighted by atomic mass is 32.1. The van der Waals surface area contributed by atoms with Crippen LogP contribution in [-0.4, -0.2) is 51.4 Å². The third-order valence-electron chi connectivity index (χ3n) is 4.99. The maximum Gasteiger partial charge on any atom is 0.362 e. The van der Waals surface area contributed by atoms with Crippen molar-refractivity contribution < 1.29 is 28.7 Å². The molecule has 0 atom stereocenters. The highest BCUT2D eigenvalue weighted by Crippen LogP contribution is 2.28. The minimum Gasteiger partial charge on any atom is -0.493 e. The number of nitrogens with one attached hydrogen (secondary N) is 1. The van der Waals surface area contributed by atoms with Gasteiger partial charge in [-0.1, -0.05) is 22.7 Å². The zero-order chi connectivity index (χ0) is 24.2. The number of esters is 1. The molecule has 0 unspecified atom stereocenters. The van der Waals surface area contributed by atoms with Gasteiger partial charge >= 0.3 is 5.97 Å². The number of benzene rings is 2. The van der Waals surface area contributed by atoms with E-state index >= 15 is 0 Å². The highest BCUT2D eigenvalue weighted by molar-refractivity contribution is 7.10. The molecule has 34 heavy (non-hydrogen) atoms. The quantitative estimate of drug-likeness (QED) is 0.385. The number of nitrogens with zero attached hydrogens (tertiary/aromatic N) is 3. The van der Waals surface area contributed by atoms with Gasteiger partial charge in [-0.2, -0.15) is 0 Å². The predicted molar refractivity (Wildman–Crippen MR) is 122 cm³/mol. The average Bonchev–Trinajstić information content (AvgIpc) is 3.39. The molecule has 0 aliphatic carbocycles. The SMILES string of the molecule is CCOC(=O)c1nnsc1NC(=O)c1cc(CN2C(=O)c3ccccc3C2=O)ccc1OCC. The number of carbonyl (C=O) groups excluding carboxylic acids is 4. The minimum absolute atomic E-state index is 0.0186. The highest BCUT2D eigenvalue weighted by Gasteiger charge is 2.35. The Hall–Kier alpha value is -4.12. The van der Waals surface area contributed by atoms with Crippen LogP contribution in [0.2, 0.25) is 0 Å². The van der Waals surface area contributed by atoms with Gasteiger partial charge in [0.2, 0.25) is 5.69 Å². The number of hydrogen-bond acceptors (Lipinski definition) is 9. The van der Waals surface area contributed by atoms with E-state index in [0.717, 1.165) is 16.4 Å². The van der Waals surface area contributed by atoms with Gasteiger partial charge in [0.05, 0.1) is 36.4 Å². The van der Waals surface area contributed by atoms with E-state index in [1.807, 2.05) is 0 Å². The van der Waals surface area contributed by atoms with Crippen molar-refractivity contribution in [3.8, 4) is 5.75 Å². The van der Waals surface area contributed by atoms with E-state index in [0.29, 0.717) is 29.0 Å². The van der Waals surface area contributed by atoms with E-state index in [1.54, 1.807) is 56.3 Å². The molecule has 10 nitrogen and oxygen atoms in total. The van der Waals surface area contributed by atoms with E-state index in [9.17, 15) is 19.2 Å². The predicted octanol–water partition coefficient (Wildman–Crippen LogP) is 3.16. The van der Waals surface area contributed by atoms with Crippen molar-refractivity contribution in [2.75, 3.05) is 18.5 Å². The summed E-state index contributed by atoms with van der Waals surface area (Å²) < 4.78 is 14.2. The second-order valence-corrected chi connectivity index (χ2v) is 7.88. The van der Waals surface area contributed by atoms with E-state index in [4.69, 9.17) is 9.47 Å². The molecule has 3 amide bonds. The lowest BCUT2D eigenvalue weighted by Gasteiger charge is -2.16. The van der Waals surface area contributed by atoms with Crippen molar-refractivity contribution in [1.29, 1.82) is 0 Å². The van der Waals surface area contributed by atoms with Crippen LogP contribution in [0.3, 0.4) is 0 Å². The maximum atomic E-state index is 13.1. The van der Waals surface area contributed by atoms with Gasteiger partial charge in [0.25, 0.3) is 17.7 Å². The van der Waals surface area contributed by atoms with Gasteiger partial charge in [-0.15, -0.1) is 5.10 Å². The Labute approximate surface area is 198 Å². The molecule has 0 fully saturated rings. The van der Waals surface area contributed by atoms with Crippen molar-refractivity contribution in [3.63, 3.8) is 0 Å². The molecule has 4 rings (SSSR count). The lowest BCUT2D eigenvalue weighted by Crippen LogP contribution is -2.29. The molecule has 1 aromatic heterocycles. The van der Waals surface area contributed by atoms with Crippen molar-refractivity contribution in [2.45, 2.75) is 20.4 Å². The number of rotatable bonds is 8. The van der Waals surface area contributed by atoms with Crippen molar-refractivity contribution in [3.05, 3.63) is 70.4 Å². The summed E-state index contributed by atoms with van der Waals surface area (Å²) in [7, 11) is 0. The van der Waals surface area contributed by atoms with Gasteiger partial charge < -0.3 is 14.8 Å². The topological polar surface area (TPSA) is 128 Å². The lowest BCUT2D eigenvalue weighted by molar-refractivity contribution is 0.0519. The first-order valence-corrected chi connectivity index (χ1v) is 11.2. The lowest BCUT2D eigenvalue weighted by atomic mass is 10.1. The summed E-state index contributed by atoms with van der Waals surface area (Å²) in [4.78, 5) is 51.7. The first-order chi connectivity index (χ1) is 16.4. The van der Waals surface area contributed by atoms with Crippen LogP contribution in [-0.2, 0) is 11.3 Å². The molecule has 0 spiro atoms. The van der Waals surface area contributed by atoms with Gasteiger partial charge in [0.15, 0.2) is 5.00 Å². The van der Waals surface area contributed by atoms with Gasteiger partial charge in [-0.3, -0.25) is 19.3 Å². The second kappa shape index (κ2) is 9.79. The molecule has 0 saturated heterocycles. The van der Waals surface area contributed by atoms with Crippen LogP contribution in [0.1, 0.15) is 61.0 Å². The van der Waals surface area contributed by atoms with Crippen LogP contribution in [0.25, 0.3) is 0 Å². The van der Waals surface area contributed by atoms with Crippen LogP contribution >= 0.6 is 11.5 Å². The smallest absolute Gasteiger partial charge is 0.362 e. The fraction of sp³-hybridized carbons (Fsp3) is 0.217. The molecule has 1 aliphatic rings. The molecule has 1 aliphatic heterocycles. The molecule has 0 radical (unpaired) electrons. The number of imide groups is 1. The standard InChI is InChI=1S/C23H20N4O6S/c1-3-32-17-10-9-13(12-27-21(29)14-7-5-6-8-15(14)22(27)30)11-16(17)19(28)24-20-18(25-26-34-20)23(31)33-4-2/h5-11H,3-4,12H2,1-2H3,(H,24,28). The van der Waals surface area contributed by atoms with Crippen molar-refractivity contribution in [2.24, 2.45) is 0 Å². The van der Waals surface area contributed by atoms with Crippen LogP contribution in [0, 0.1) is 0 Å². The van der Waals surface area contributed by atoms with E-state index in [1.165, 1.54) is 0 Å². The molecule has 0 saturated carbocycles. The number of ether oxygens (including phenoxy) is 2. The Bertz CT molecular complexity index is 1250. The third kappa shape index (κ3) is 4.37. The Kier molecular flexibility index (Phi) is 6.64. The summed E-state index contributed by atoms with van der Waals surface area (Å²) in [6, 6.07) is 11.4. The maximum absolute atomic E-state index is 13.1. The third-order valence-corrected chi connectivity index (χ3v) is 5.63. The Morgan fingerprint density at radius 2 is 1.74 bits per heavy atom. The van der Waals surface area contributed by atoms with Crippen LogP contribution in [0.5, 0.6) is 5.75 Å². The molecular weight excluding hydrogens is 460 g/mol. The van der Waals surface area contributed by atoms with E-state index in [2.05, 4.69) is 14.9 Å². The van der Waals surface area contributed by atoms with Crippen LogP contribution < -0.4 is 10.1 Å². The summed E-state index contributed by atoms with van der Waals surface area (Å²) in [6.45, 7) is 3.88. The van der Waals surface area contributed by atoms with Gasteiger partial charge in [0.1, 0.15) is 5.75 Å². The Morgan fingerprint density at radius 1 is 1.03 bits per heavy atom. The average molecular weight is 481 g/mol. The zero-order valence-electron chi connectivity index (χ0n) is 18.4. The monoisotopic (exact) mass is 480 g/mol. The Balaban J connectivity index is 1.59. The van der Waals surface area contributed by atoms with E-state index < -0.39 is 23.7 Å². The molecule has 2 aromatic carbocycles. The van der Waals surface area contributed by atoms with Gasteiger partial charge in [0, 0.05) is 11.5 Å². The Morgan fingerprint density at radius 3 is 2.38 bits per heavy atom. The second-order valence-electron chi connectivity index (χ2n) is 7.13. The fourth-order valence-electron chi connectivity index (χ4n) is 3.48. The largest absolute Gasteiger partial charge is 0.493 e. The molecule has 0 bridgehead atoms. The summed E-state index contributed by atoms with van der Waals surface area (Å²) in [5, 5.41) is 6.49. The number of hydrogen-bond donors (Lipinski definition) is 1. The number of carbonyl (C=O) groups is 4. The first-order valence-electron chi connectivity index (χ1n) is 10.5. The molecule has 174 valence electrons. The molecular formula is C23H20N4O6S. The minimum atomic E-state index is -0.698. The number of fused-ring (bicyclic) bond motifs is 1. The van der Waals surface area contributed by atoms with Crippen molar-refractivity contribution in [1.82, 2.24) is 14.5 Å². The summed E-state index contributed by atoms with van der Waals surface area (Å²) in [6.07, 6.45) is 0. The fourth-order valence-corrected chi connectivity index (χ4v) is 4.03. The number of amides is 3. The normalized spacial score (nSPS) is 12.5. The number of anilines is 1. The first kappa shape index (κ1) is 23.1. The zero-order valence-corrected chi connectivity index (χ0v) is 19.2. The molecule has 11 heteroatoms. The molecule has 3 aromatic rings.